The van der Waals surface area contributed by atoms with Crippen LogP contribution in [0.25, 0.3) is 0 Å². The Morgan fingerprint density at radius 3 is 2.34 bits per heavy atom. The minimum absolute atomic E-state index is 0.266. The number of hydrogen-bond donors (Lipinski definition) is 4. The molecule has 5 atom stereocenters. The van der Waals surface area contributed by atoms with Gasteiger partial charge in [-0.25, -0.2) is 4.98 Å². The van der Waals surface area contributed by atoms with Gasteiger partial charge in [-0.2, -0.15) is 0 Å². The van der Waals surface area contributed by atoms with Crippen LogP contribution in [-0.2, 0) is 11.2 Å². The predicted octanol–water partition coefficient (Wildman–Crippen LogP) is 0.477. The summed E-state index contributed by atoms with van der Waals surface area (Å²) in [4.78, 5) is 4.44. The van der Waals surface area contributed by atoms with Crippen LogP contribution in [0.1, 0.15) is 22.4 Å². The van der Waals surface area contributed by atoms with E-state index in [0.29, 0.717) is 6.42 Å². The number of pyridine rings is 1. The van der Waals surface area contributed by atoms with Crippen molar-refractivity contribution in [3.05, 3.63) is 52.7 Å². The highest BCUT2D eigenvalue weighted by Crippen LogP contribution is 2.29. The van der Waals surface area contributed by atoms with E-state index in [-0.39, 0.29) is 5.88 Å². The maximum atomic E-state index is 10.3. The summed E-state index contributed by atoms with van der Waals surface area (Å²) in [5.74, 6) is 1.02. The molecule has 8 nitrogen and oxygen atoms in total. The molecule has 0 saturated carbocycles. The van der Waals surface area contributed by atoms with Crippen molar-refractivity contribution >= 4 is 0 Å². The van der Waals surface area contributed by atoms with Gasteiger partial charge >= 0.3 is 0 Å². The average Bonchev–Trinajstić information content (AvgIpc) is 2.71. The second-order valence-electron chi connectivity index (χ2n) is 7.20. The highest BCUT2D eigenvalue weighted by Gasteiger charge is 2.45. The number of aliphatic hydroxyl groups excluding tert-OH is 4. The van der Waals surface area contributed by atoms with Crippen LogP contribution in [-0.4, -0.2) is 69.8 Å². The lowest BCUT2D eigenvalue weighted by Gasteiger charge is -2.39. The molecule has 158 valence electrons. The third-order valence-electron chi connectivity index (χ3n) is 5.05. The van der Waals surface area contributed by atoms with Crippen LogP contribution in [0.5, 0.6) is 11.6 Å². The molecule has 1 fully saturated rings. The molecule has 0 radical (unpaired) electrons. The number of ether oxygens (including phenoxy) is 3. The van der Waals surface area contributed by atoms with Gasteiger partial charge in [0.2, 0.25) is 12.2 Å². The zero-order chi connectivity index (χ0) is 21.1. The van der Waals surface area contributed by atoms with Crippen LogP contribution in [0.2, 0.25) is 0 Å². The number of benzene rings is 1. The van der Waals surface area contributed by atoms with Crippen molar-refractivity contribution in [2.45, 2.75) is 51.0 Å². The van der Waals surface area contributed by atoms with Crippen molar-refractivity contribution < 1.29 is 34.6 Å². The number of aryl methyl sites for hydroxylation is 2. The molecule has 1 aromatic carbocycles. The lowest BCUT2D eigenvalue weighted by Crippen LogP contribution is -2.60. The van der Waals surface area contributed by atoms with Crippen LogP contribution in [0, 0.1) is 13.8 Å². The summed E-state index contributed by atoms with van der Waals surface area (Å²) in [6.07, 6.45) is -6.26. The lowest BCUT2D eigenvalue weighted by atomic mass is 9.99. The molecule has 29 heavy (non-hydrogen) atoms. The number of hydrogen-bond acceptors (Lipinski definition) is 8. The number of rotatable bonds is 6. The summed E-state index contributed by atoms with van der Waals surface area (Å²) >= 11 is 0. The second kappa shape index (κ2) is 9.06. The van der Waals surface area contributed by atoms with E-state index in [9.17, 15) is 20.4 Å². The van der Waals surface area contributed by atoms with Gasteiger partial charge in [-0.1, -0.05) is 12.1 Å². The standard InChI is InChI=1S/C21H27NO7/c1-11-8-12(2)22-20(15(11)9-13-4-6-14(27-3)7-5-13)29-21-19(26)18(25)17(24)16(10-23)28-21/h4-8,16-19,21,23-26H,9-10H2,1-3H3/t16-,17-,18+,19-,21+/m1/s1. The van der Waals surface area contributed by atoms with Crippen molar-refractivity contribution in [1.82, 2.24) is 4.98 Å². The number of methoxy groups -OCH3 is 1. The maximum Gasteiger partial charge on any atom is 0.231 e. The number of aliphatic hydroxyl groups is 4. The zero-order valence-electron chi connectivity index (χ0n) is 16.6. The fourth-order valence-electron chi connectivity index (χ4n) is 3.36. The second-order valence-corrected chi connectivity index (χ2v) is 7.20. The van der Waals surface area contributed by atoms with E-state index in [2.05, 4.69) is 4.98 Å². The molecule has 2 heterocycles. The van der Waals surface area contributed by atoms with Crippen molar-refractivity contribution in [3.8, 4) is 11.6 Å². The topological polar surface area (TPSA) is 122 Å². The largest absolute Gasteiger partial charge is 0.497 e. The van der Waals surface area contributed by atoms with Gasteiger partial charge in [0.05, 0.1) is 13.7 Å². The van der Waals surface area contributed by atoms with Crippen LogP contribution < -0.4 is 9.47 Å². The summed E-state index contributed by atoms with van der Waals surface area (Å²) < 4.78 is 16.5. The first-order valence-corrected chi connectivity index (χ1v) is 9.41. The normalized spacial score (nSPS) is 26.9. The third kappa shape index (κ3) is 4.68. The van der Waals surface area contributed by atoms with E-state index < -0.39 is 37.3 Å². The molecular weight excluding hydrogens is 378 g/mol. The fourth-order valence-corrected chi connectivity index (χ4v) is 3.36. The Kier molecular flexibility index (Phi) is 6.71. The molecule has 0 amide bonds. The maximum absolute atomic E-state index is 10.3. The molecule has 1 aliphatic heterocycles. The van der Waals surface area contributed by atoms with E-state index in [1.54, 1.807) is 7.11 Å². The van der Waals surface area contributed by atoms with Gasteiger partial charge in [-0.05, 0) is 43.2 Å². The lowest BCUT2D eigenvalue weighted by molar-refractivity contribution is -0.278. The highest BCUT2D eigenvalue weighted by atomic mass is 16.7. The van der Waals surface area contributed by atoms with Gasteiger partial charge < -0.3 is 34.6 Å². The molecular formula is C21H27NO7. The molecule has 8 heteroatoms. The van der Waals surface area contributed by atoms with Gasteiger partial charge in [0.1, 0.15) is 30.2 Å². The Hall–Kier alpha value is -2.23. The molecule has 1 aromatic heterocycles. The first kappa shape index (κ1) is 21.5. The molecule has 1 aliphatic rings. The fraction of sp³-hybridized carbons (Fsp3) is 0.476. The predicted molar refractivity (Wildman–Crippen MR) is 104 cm³/mol. The Balaban J connectivity index is 1.88. The van der Waals surface area contributed by atoms with Crippen molar-refractivity contribution in [2.75, 3.05) is 13.7 Å². The van der Waals surface area contributed by atoms with E-state index in [1.807, 2.05) is 44.2 Å². The Morgan fingerprint density at radius 2 is 1.72 bits per heavy atom. The molecule has 4 N–H and O–H groups in total. The minimum Gasteiger partial charge on any atom is -0.497 e. The summed E-state index contributed by atoms with van der Waals surface area (Å²) in [6, 6.07) is 9.54. The van der Waals surface area contributed by atoms with Crippen LogP contribution >= 0.6 is 0 Å². The van der Waals surface area contributed by atoms with Gasteiger partial charge in [-0.3, -0.25) is 0 Å². The summed E-state index contributed by atoms with van der Waals surface area (Å²) in [7, 11) is 1.61. The van der Waals surface area contributed by atoms with E-state index in [0.717, 1.165) is 28.1 Å². The monoisotopic (exact) mass is 405 g/mol. The minimum atomic E-state index is -1.51. The van der Waals surface area contributed by atoms with E-state index in [1.165, 1.54) is 0 Å². The van der Waals surface area contributed by atoms with Gasteiger partial charge in [-0.15, -0.1) is 0 Å². The van der Waals surface area contributed by atoms with Gasteiger partial charge in [0.15, 0.2) is 0 Å². The number of nitrogens with zero attached hydrogens (tertiary/aromatic N) is 1. The molecule has 0 spiro atoms. The molecule has 3 rings (SSSR count). The van der Waals surface area contributed by atoms with E-state index in [4.69, 9.17) is 14.2 Å². The summed E-state index contributed by atoms with van der Waals surface area (Å²) in [5, 5.41) is 39.6. The quantitative estimate of drug-likeness (QED) is 0.548. The first-order chi connectivity index (χ1) is 13.8. The van der Waals surface area contributed by atoms with Crippen LogP contribution in [0.4, 0.5) is 0 Å². The Morgan fingerprint density at radius 1 is 1.03 bits per heavy atom. The smallest absolute Gasteiger partial charge is 0.231 e. The highest BCUT2D eigenvalue weighted by molar-refractivity contribution is 5.41. The van der Waals surface area contributed by atoms with Crippen molar-refractivity contribution in [3.63, 3.8) is 0 Å². The molecule has 0 bridgehead atoms. The zero-order valence-corrected chi connectivity index (χ0v) is 16.6. The molecule has 1 saturated heterocycles. The average molecular weight is 405 g/mol. The molecule has 0 aliphatic carbocycles. The van der Waals surface area contributed by atoms with E-state index >= 15 is 0 Å². The van der Waals surface area contributed by atoms with Gasteiger partial charge in [0, 0.05) is 17.7 Å². The van der Waals surface area contributed by atoms with Gasteiger partial charge in [0.25, 0.3) is 0 Å². The number of aromatic nitrogens is 1. The Bertz CT molecular complexity index is 825. The summed E-state index contributed by atoms with van der Waals surface area (Å²) in [6.45, 7) is 3.24. The van der Waals surface area contributed by atoms with Crippen LogP contribution in [0.3, 0.4) is 0 Å². The first-order valence-electron chi connectivity index (χ1n) is 9.41. The molecule has 2 aromatic rings. The summed E-state index contributed by atoms with van der Waals surface area (Å²) in [5.41, 5.74) is 3.49. The van der Waals surface area contributed by atoms with Crippen molar-refractivity contribution in [1.29, 1.82) is 0 Å². The van der Waals surface area contributed by atoms with Crippen LogP contribution in [0.15, 0.2) is 30.3 Å². The third-order valence-corrected chi connectivity index (χ3v) is 5.05. The van der Waals surface area contributed by atoms with Crippen molar-refractivity contribution in [2.24, 2.45) is 0 Å². The Labute approximate surface area is 169 Å². The molecule has 0 unspecified atom stereocenters. The SMILES string of the molecule is COc1ccc(Cc2c(C)cc(C)nc2O[C@@H]2O[C@H](CO)[C@@H](O)[C@H](O)[C@H]2O)cc1.